The molecule has 1 aromatic rings. The van der Waals surface area contributed by atoms with E-state index in [1.165, 1.54) is 16.0 Å². The minimum Gasteiger partial charge on any atom is -0.347 e. The second kappa shape index (κ2) is 5.86. The van der Waals surface area contributed by atoms with Crippen LogP contribution in [0.5, 0.6) is 0 Å². The molecule has 1 heterocycles. The number of aryl methyl sites for hydroxylation is 2. The van der Waals surface area contributed by atoms with Crippen LogP contribution in [0, 0.1) is 5.92 Å². The molecule has 1 aliphatic heterocycles. The molecular weight excluding hydrogens is 309 g/mol. The van der Waals surface area contributed by atoms with E-state index >= 15 is 0 Å². The molecule has 0 spiro atoms. The van der Waals surface area contributed by atoms with Gasteiger partial charge in [0, 0.05) is 18.7 Å². The van der Waals surface area contributed by atoms with Crippen molar-refractivity contribution < 1.29 is 22.8 Å². The molecule has 0 aromatic heterocycles. The number of hydrogen-bond acceptors (Lipinski definition) is 2. The van der Waals surface area contributed by atoms with Crippen molar-refractivity contribution in [3.63, 3.8) is 0 Å². The van der Waals surface area contributed by atoms with Crippen molar-refractivity contribution in [1.82, 2.24) is 5.32 Å². The van der Waals surface area contributed by atoms with Gasteiger partial charge in [-0.2, -0.15) is 13.2 Å². The lowest BCUT2D eigenvalue weighted by molar-refractivity contribution is -0.140. The van der Waals surface area contributed by atoms with Crippen molar-refractivity contribution in [3.05, 3.63) is 29.3 Å². The summed E-state index contributed by atoms with van der Waals surface area (Å²) in [5, 5.41) is 1.86. The fourth-order valence-corrected chi connectivity index (χ4v) is 3.19. The van der Waals surface area contributed by atoms with Crippen LogP contribution < -0.4 is 10.2 Å². The molecule has 0 saturated carbocycles. The van der Waals surface area contributed by atoms with Gasteiger partial charge >= 0.3 is 6.18 Å². The number of nitrogens with zero attached hydrogens (tertiary/aromatic N) is 1. The molecule has 7 heteroatoms. The van der Waals surface area contributed by atoms with E-state index in [1.54, 1.807) is 0 Å². The number of fused-ring (bicyclic) bond motifs is 1. The summed E-state index contributed by atoms with van der Waals surface area (Å²) in [5.74, 6) is -1.69. The maximum Gasteiger partial charge on any atom is 0.405 e. The first-order valence-electron chi connectivity index (χ1n) is 7.60. The third-order valence-corrected chi connectivity index (χ3v) is 4.35. The maximum absolute atomic E-state index is 12.2. The normalized spacial score (nSPS) is 20.7. The Bertz CT molecular complexity index is 643. The van der Waals surface area contributed by atoms with Gasteiger partial charge in [0.2, 0.25) is 11.8 Å². The van der Waals surface area contributed by atoms with Crippen molar-refractivity contribution in [1.29, 1.82) is 0 Å². The Morgan fingerprint density at radius 3 is 2.74 bits per heavy atom. The molecular formula is C16H17F3N2O2. The Kier molecular flexibility index (Phi) is 4.04. The van der Waals surface area contributed by atoms with Crippen LogP contribution >= 0.6 is 0 Å². The number of carbonyl (C=O) groups is 2. The minimum atomic E-state index is -4.45. The van der Waals surface area contributed by atoms with E-state index in [0.717, 1.165) is 24.9 Å². The Morgan fingerprint density at radius 2 is 2.00 bits per heavy atom. The topological polar surface area (TPSA) is 49.4 Å². The highest BCUT2D eigenvalue weighted by Crippen LogP contribution is 2.30. The van der Waals surface area contributed by atoms with E-state index < -0.39 is 24.5 Å². The largest absolute Gasteiger partial charge is 0.405 e. The molecule has 0 unspecified atom stereocenters. The highest BCUT2D eigenvalue weighted by Gasteiger charge is 2.37. The zero-order valence-corrected chi connectivity index (χ0v) is 12.4. The van der Waals surface area contributed by atoms with Gasteiger partial charge in [0.25, 0.3) is 0 Å². The van der Waals surface area contributed by atoms with Crippen LogP contribution in [0.2, 0.25) is 0 Å². The van der Waals surface area contributed by atoms with Gasteiger partial charge < -0.3 is 10.2 Å². The van der Waals surface area contributed by atoms with E-state index in [9.17, 15) is 22.8 Å². The molecule has 4 nitrogen and oxygen atoms in total. The summed E-state index contributed by atoms with van der Waals surface area (Å²) in [5.41, 5.74) is 3.21. The second-order valence-corrected chi connectivity index (χ2v) is 6.04. The first kappa shape index (κ1) is 15.8. The number of halogens is 3. The smallest absolute Gasteiger partial charge is 0.347 e. The van der Waals surface area contributed by atoms with Gasteiger partial charge in [-0.05, 0) is 42.5 Å². The molecule has 124 valence electrons. The monoisotopic (exact) mass is 326 g/mol. The van der Waals surface area contributed by atoms with Crippen LogP contribution in [0.15, 0.2) is 18.2 Å². The molecule has 0 radical (unpaired) electrons. The highest BCUT2D eigenvalue weighted by atomic mass is 19.4. The van der Waals surface area contributed by atoms with Crippen LogP contribution in [0.3, 0.4) is 0 Å². The summed E-state index contributed by atoms with van der Waals surface area (Å²) < 4.78 is 36.5. The number of nitrogens with one attached hydrogen (secondary N) is 1. The first-order chi connectivity index (χ1) is 10.8. The Hall–Kier alpha value is -2.05. The highest BCUT2D eigenvalue weighted by molar-refractivity contribution is 6.00. The van der Waals surface area contributed by atoms with E-state index in [0.29, 0.717) is 0 Å². The lowest BCUT2D eigenvalue weighted by Gasteiger charge is -2.18. The SMILES string of the molecule is O=C(NCC(F)(F)F)[C@H]1CC(=O)N(c2ccc3c(c2)CCC3)C1. The molecule has 0 bridgehead atoms. The minimum absolute atomic E-state index is 0.0548. The third kappa shape index (κ3) is 3.48. The van der Waals surface area contributed by atoms with Gasteiger partial charge in [0.1, 0.15) is 6.54 Å². The second-order valence-electron chi connectivity index (χ2n) is 6.04. The number of carbonyl (C=O) groups excluding carboxylic acids is 2. The maximum atomic E-state index is 12.2. The van der Waals surface area contributed by atoms with E-state index in [2.05, 4.69) is 0 Å². The molecule has 2 aliphatic rings. The summed E-state index contributed by atoms with van der Waals surface area (Å²) in [7, 11) is 0. The van der Waals surface area contributed by atoms with Gasteiger partial charge in [-0.1, -0.05) is 6.07 Å². The van der Waals surface area contributed by atoms with Gasteiger partial charge in [-0.25, -0.2) is 0 Å². The zero-order valence-electron chi connectivity index (χ0n) is 12.4. The average molecular weight is 326 g/mol. The van der Waals surface area contributed by atoms with Crippen LogP contribution in [-0.4, -0.2) is 31.1 Å². The Labute approximate surface area is 131 Å². The Morgan fingerprint density at radius 1 is 1.26 bits per heavy atom. The van der Waals surface area contributed by atoms with Crippen LogP contribution in [0.25, 0.3) is 0 Å². The predicted octanol–water partition coefficient (Wildman–Crippen LogP) is 2.21. The predicted molar refractivity (Wildman–Crippen MR) is 78.0 cm³/mol. The molecule has 2 amide bonds. The Balaban J connectivity index is 1.67. The third-order valence-electron chi connectivity index (χ3n) is 4.35. The fraction of sp³-hybridized carbons (Fsp3) is 0.500. The molecule has 1 fully saturated rings. The molecule has 1 saturated heterocycles. The molecule has 1 N–H and O–H groups in total. The number of amides is 2. The van der Waals surface area contributed by atoms with Gasteiger partial charge in [0.05, 0.1) is 5.92 Å². The lowest BCUT2D eigenvalue weighted by Crippen LogP contribution is -2.38. The standard InChI is InChI=1S/C16H17F3N2O2/c17-16(18,19)9-20-15(23)12-7-14(22)21(8-12)13-5-4-10-2-1-3-11(10)6-13/h4-6,12H,1-3,7-9H2,(H,20,23)/t12-/m0/s1. The van der Waals surface area contributed by atoms with Crippen LogP contribution in [0.1, 0.15) is 24.0 Å². The van der Waals surface area contributed by atoms with Gasteiger partial charge in [-0.15, -0.1) is 0 Å². The molecule has 3 rings (SSSR count). The summed E-state index contributed by atoms with van der Waals surface area (Å²) in [6.45, 7) is -1.24. The van der Waals surface area contributed by atoms with E-state index in [-0.39, 0.29) is 18.9 Å². The van der Waals surface area contributed by atoms with E-state index in [1.807, 2.05) is 23.5 Å². The number of hydrogen-bond donors (Lipinski definition) is 1. The summed E-state index contributed by atoms with van der Waals surface area (Å²) >= 11 is 0. The van der Waals surface area contributed by atoms with Crippen molar-refractivity contribution in [2.75, 3.05) is 18.0 Å². The van der Waals surface area contributed by atoms with Crippen LogP contribution in [-0.2, 0) is 22.4 Å². The van der Waals surface area contributed by atoms with Crippen molar-refractivity contribution in [2.45, 2.75) is 31.9 Å². The fourth-order valence-electron chi connectivity index (χ4n) is 3.19. The number of alkyl halides is 3. The summed E-state index contributed by atoms with van der Waals surface area (Å²) in [4.78, 5) is 25.4. The molecule has 1 aromatic carbocycles. The quantitative estimate of drug-likeness (QED) is 0.926. The van der Waals surface area contributed by atoms with Gasteiger partial charge in [0.15, 0.2) is 0 Å². The number of rotatable bonds is 3. The summed E-state index contributed by atoms with van der Waals surface area (Å²) in [6, 6.07) is 5.79. The molecule has 1 atom stereocenters. The molecule has 1 aliphatic carbocycles. The first-order valence-corrected chi connectivity index (χ1v) is 7.60. The zero-order chi connectivity index (χ0) is 16.6. The lowest BCUT2D eigenvalue weighted by atomic mass is 10.1. The summed E-state index contributed by atoms with van der Waals surface area (Å²) in [6.07, 6.45) is -1.40. The molecule has 23 heavy (non-hydrogen) atoms. The number of benzene rings is 1. The van der Waals surface area contributed by atoms with Crippen LogP contribution in [0.4, 0.5) is 18.9 Å². The van der Waals surface area contributed by atoms with Crippen molar-refractivity contribution >= 4 is 17.5 Å². The van der Waals surface area contributed by atoms with Crippen molar-refractivity contribution in [2.24, 2.45) is 5.92 Å². The number of anilines is 1. The average Bonchev–Trinajstić information content (AvgIpc) is 3.09. The van der Waals surface area contributed by atoms with E-state index in [4.69, 9.17) is 0 Å². The van der Waals surface area contributed by atoms with Crippen molar-refractivity contribution in [3.8, 4) is 0 Å². The van der Waals surface area contributed by atoms with Gasteiger partial charge in [-0.3, -0.25) is 9.59 Å².